The molecule has 2 aliphatic carbocycles. The van der Waals surface area contributed by atoms with Crippen LogP contribution in [0.2, 0.25) is 0 Å². The van der Waals surface area contributed by atoms with E-state index in [-0.39, 0.29) is 23.4 Å². The number of H-pyrrole nitrogens is 1. The molecule has 0 bridgehead atoms. The Kier molecular flexibility index (Phi) is 3.93. The summed E-state index contributed by atoms with van der Waals surface area (Å²) in [5.41, 5.74) is 0.169. The zero-order valence-corrected chi connectivity index (χ0v) is 16.1. The lowest BCUT2D eigenvalue weighted by Gasteiger charge is -2.33. The first kappa shape index (κ1) is 17.6. The maximum absolute atomic E-state index is 14.2. The van der Waals surface area contributed by atoms with Gasteiger partial charge >= 0.3 is 0 Å². The second kappa shape index (κ2) is 6.25. The monoisotopic (exact) mass is 385 g/mol. The lowest BCUT2D eigenvalue weighted by atomic mass is 9.73. The molecule has 2 saturated carbocycles. The Bertz CT molecular complexity index is 1070. The van der Waals surface area contributed by atoms with Crippen molar-refractivity contribution in [2.75, 3.05) is 0 Å². The van der Waals surface area contributed by atoms with Gasteiger partial charge in [-0.1, -0.05) is 0 Å². The second-order valence-electron chi connectivity index (χ2n) is 8.54. The molecule has 1 N–H and O–H groups in total. The number of aromatic amines is 1. The standard InChI is InChI=1S/C20H24FN5O2/c1-11-10-28-19(23-11)14-4-3-13(14)16-24-17-15(18(27)25-16)9-22-26(17)12-5-7-20(2,21)8-6-12/h9-10,12-14H,3-8H2,1-2H3,(H,24,25,27)/t12?,13-,14+,20?/m0/s1. The van der Waals surface area contributed by atoms with E-state index in [2.05, 4.69) is 15.1 Å². The van der Waals surface area contributed by atoms with E-state index in [1.54, 1.807) is 19.4 Å². The third-order valence-corrected chi connectivity index (χ3v) is 6.40. The van der Waals surface area contributed by atoms with Crippen molar-refractivity contribution >= 4 is 11.0 Å². The molecule has 5 rings (SSSR count). The van der Waals surface area contributed by atoms with Crippen molar-refractivity contribution in [2.24, 2.45) is 0 Å². The fraction of sp³-hybridized carbons (Fsp3) is 0.600. The van der Waals surface area contributed by atoms with Gasteiger partial charge in [0, 0.05) is 11.8 Å². The first-order valence-corrected chi connectivity index (χ1v) is 10.00. The maximum Gasteiger partial charge on any atom is 0.262 e. The number of fused-ring (bicyclic) bond motifs is 1. The molecule has 3 aromatic rings. The van der Waals surface area contributed by atoms with Crippen LogP contribution in [0.15, 0.2) is 21.7 Å². The van der Waals surface area contributed by atoms with Crippen LogP contribution in [0.25, 0.3) is 11.0 Å². The van der Waals surface area contributed by atoms with E-state index in [4.69, 9.17) is 9.40 Å². The van der Waals surface area contributed by atoms with Crippen molar-refractivity contribution in [3.63, 3.8) is 0 Å². The minimum atomic E-state index is -1.11. The van der Waals surface area contributed by atoms with Crippen molar-refractivity contribution in [3.8, 4) is 0 Å². The Balaban J connectivity index is 1.49. The van der Waals surface area contributed by atoms with Gasteiger partial charge in [0.1, 0.15) is 23.1 Å². The number of halogens is 1. The molecule has 148 valence electrons. The van der Waals surface area contributed by atoms with Crippen molar-refractivity contribution in [1.82, 2.24) is 24.7 Å². The molecule has 3 heterocycles. The molecule has 0 aromatic carbocycles. The molecule has 0 radical (unpaired) electrons. The van der Waals surface area contributed by atoms with E-state index < -0.39 is 5.67 Å². The summed E-state index contributed by atoms with van der Waals surface area (Å²) < 4.78 is 21.6. The predicted octanol–water partition coefficient (Wildman–Crippen LogP) is 3.92. The summed E-state index contributed by atoms with van der Waals surface area (Å²) in [6.45, 7) is 3.56. The van der Waals surface area contributed by atoms with Gasteiger partial charge < -0.3 is 9.40 Å². The third kappa shape index (κ3) is 2.86. The predicted molar refractivity (Wildman–Crippen MR) is 101 cm³/mol. The zero-order valence-electron chi connectivity index (χ0n) is 16.1. The van der Waals surface area contributed by atoms with Gasteiger partial charge in [-0.3, -0.25) is 4.79 Å². The Morgan fingerprint density at radius 3 is 2.61 bits per heavy atom. The van der Waals surface area contributed by atoms with Crippen molar-refractivity contribution in [1.29, 1.82) is 0 Å². The van der Waals surface area contributed by atoms with Gasteiger partial charge in [0.25, 0.3) is 5.56 Å². The topological polar surface area (TPSA) is 89.6 Å². The largest absolute Gasteiger partial charge is 0.448 e. The number of aryl methyl sites for hydroxylation is 1. The summed E-state index contributed by atoms with van der Waals surface area (Å²) in [4.78, 5) is 24.8. The van der Waals surface area contributed by atoms with Crippen LogP contribution >= 0.6 is 0 Å². The van der Waals surface area contributed by atoms with E-state index in [0.717, 1.165) is 18.5 Å². The minimum Gasteiger partial charge on any atom is -0.448 e. The molecule has 28 heavy (non-hydrogen) atoms. The molecule has 2 fully saturated rings. The van der Waals surface area contributed by atoms with Crippen LogP contribution in [-0.2, 0) is 0 Å². The molecule has 0 unspecified atom stereocenters. The normalized spacial score (nSPS) is 30.5. The van der Waals surface area contributed by atoms with E-state index >= 15 is 0 Å². The summed E-state index contributed by atoms with van der Waals surface area (Å²) in [6.07, 6.45) is 7.53. The number of nitrogens with one attached hydrogen (secondary N) is 1. The van der Waals surface area contributed by atoms with E-state index in [0.29, 0.717) is 48.4 Å². The first-order valence-electron chi connectivity index (χ1n) is 10.00. The van der Waals surface area contributed by atoms with Gasteiger partial charge in [-0.15, -0.1) is 0 Å². The van der Waals surface area contributed by atoms with Crippen molar-refractivity contribution < 1.29 is 8.81 Å². The average Bonchev–Trinajstić information content (AvgIpc) is 3.21. The number of hydrogen-bond acceptors (Lipinski definition) is 5. The van der Waals surface area contributed by atoms with Gasteiger partial charge in [-0.2, -0.15) is 5.10 Å². The zero-order chi connectivity index (χ0) is 19.5. The number of hydrogen-bond donors (Lipinski definition) is 1. The molecule has 3 aromatic heterocycles. The number of rotatable bonds is 3. The molecule has 2 atom stereocenters. The molecule has 0 amide bonds. The van der Waals surface area contributed by atoms with Crippen LogP contribution in [0.5, 0.6) is 0 Å². The summed E-state index contributed by atoms with van der Waals surface area (Å²) in [5, 5.41) is 4.92. The van der Waals surface area contributed by atoms with Crippen molar-refractivity contribution in [2.45, 2.75) is 75.9 Å². The van der Waals surface area contributed by atoms with E-state index in [1.165, 1.54) is 0 Å². The number of nitrogens with zero attached hydrogens (tertiary/aromatic N) is 4. The highest BCUT2D eigenvalue weighted by Gasteiger charge is 2.39. The molecule has 2 aliphatic rings. The summed E-state index contributed by atoms with van der Waals surface area (Å²) in [5.74, 6) is 1.59. The van der Waals surface area contributed by atoms with Crippen LogP contribution in [0, 0.1) is 6.92 Å². The van der Waals surface area contributed by atoms with Crippen LogP contribution in [0.1, 0.15) is 80.7 Å². The second-order valence-corrected chi connectivity index (χ2v) is 8.54. The Morgan fingerprint density at radius 1 is 1.21 bits per heavy atom. The van der Waals surface area contributed by atoms with Gasteiger partial charge in [0.2, 0.25) is 0 Å². The van der Waals surface area contributed by atoms with Crippen molar-refractivity contribution in [3.05, 3.63) is 40.2 Å². The summed E-state index contributed by atoms with van der Waals surface area (Å²) in [7, 11) is 0. The van der Waals surface area contributed by atoms with E-state index in [1.807, 2.05) is 11.6 Å². The molecule has 0 spiro atoms. The van der Waals surface area contributed by atoms with Crippen LogP contribution in [-0.4, -0.2) is 30.4 Å². The van der Waals surface area contributed by atoms with Crippen LogP contribution in [0.4, 0.5) is 4.39 Å². The van der Waals surface area contributed by atoms with E-state index in [9.17, 15) is 9.18 Å². The number of aromatic nitrogens is 5. The molecule has 7 nitrogen and oxygen atoms in total. The summed E-state index contributed by atoms with van der Waals surface area (Å²) in [6, 6.07) is 0.0788. The Labute approximate surface area is 161 Å². The average molecular weight is 385 g/mol. The number of alkyl halides is 1. The van der Waals surface area contributed by atoms with Gasteiger partial charge in [0.15, 0.2) is 11.5 Å². The highest BCUT2D eigenvalue weighted by atomic mass is 19.1. The molecular weight excluding hydrogens is 361 g/mol. The minimum absolute atomic E-state index is 0.0788. The van der Waals surface area contributed by atoms with Crippen LogP contribution in [0.3, 0.4) is 0 Å². The molecule has 0 aliphatic heterocycles. The third-order valence-electron chi connectivity index (χ3n) is 6.40. The SMILES string of the molecule is Cc1coc([C@@H]2CC[C@@H]2c2nc3c(cnn3C3CCC(C)(F)CC3)c(=O)[nH]2)n1. The fourth-order valence-corrected chi connectivity index (χ4v) is 4.51. The molecular formula is C20H24FN5O2. The van der Waals surface area contributed by atoms with Gasteiger partial charge in [-0.05, 0) is 52.4 Å². The molecule has 0 saturated heterocycles. The highest BCUT2D eigenvalue weighted by Crippen LogP contribution is 2.47. The Hall–Kier alpha value is -2.51. The van der Waals surface area contributed by atoms with Gasteiger partial charge in [0.05, 0.1) is 17.9 Å². The Morgan fingerprint density at radius 2 is 1.96 bits per heavy atom. The quantitative estimate of drug-likeness (QED) is 0.738. The number of oxazole rings is 1. The lowest BCUT2D eigenvalue weighted by Crippen LogP contribution is -2.29. The molecule has 8 heteroatoms. The maximum atomic E-state index is 14.2. The summed E-state index contributed by atoms with van der Waals surface area (Å²) >= 11 is 0. The smallest absolute Gasteiger partial charge is 0.262 e. The highest BCUT2D eigenvalue weighted by molar-refractivity contribution is 5.73. The first-order chi connectivity index (χ1) is 13.4. The van der Waals surface area contributed by atoms with Gasteiger partial charge in [-0.25, -0.2) is 19.0 Å². The van der Waals surface area contributed by atoms with Crippen LogP contribution < -0.4 is 5.56 Å². The lowest BCUT2D eigenvalue weighted by molar-refractivity contribution is 0.103. The fourth-order valence-electron chi connectivity index (χ4n) is 4.51.